The van der Waals surface area contributed by atoms with Crippen molar-refractivity contribution in [1.29, 1.82) is 0 Å². The third-order valence-corrected chi connectivity index (χ3v) is 4.24. The number of nitrogens with zero attached hydrogens (tertiary/aromatic N) is 3. The molecule has 1 fully saturated rings. The minimum Gasteiger partial charge on any atom is -0.341 e. The Balaban J connectivity index is 1.58. The van der Waals surface area contributed by atoms with E-state index in [0.717, 1.165) is 38.8 Å². The van der Waals surface area contributed by atoms with E-state index in [0.29, 0.717) is 24.3 Å². The van der Waals surface area contributed by atoms with E-state index in [9.17, 15) is 4.79 Å². The Hall–Kier alpha value is -1.58. The van der Waals surface area contributed by atoms with Crippen molar-refractivity contribution in [2.75, 3.05) is 13.1 Å². The molecule has 0 unspecified atom stereocenters. The maximum Gasteiger partial charge on any atom is 0.223 e. The van der Waals surface area contributed by atoms with E-state index in [1.54, 1.807) is 0 Å². The normalized spacial score (nSPS) is 26.8. The molecule has 4 nitrogen and oxygen atoms in total. The second-order valence-corrected chi connectivity index (χ2v) is 5.62. The molecule has 0 spiro atoms. The lowest BCUT2D eigenvalue weighted by Gasteiger charge is -2.33. The molecule has 1 amide bonds. The van der Waals surface area contributed by atoms with Gasteiger partial charge in [-0.1, -0.05) is 12.2 Å². The van der Waals surface area contributed by atoms with E-state index in [2.05, 4.69) is 21.7 Å². The lowest BCUT2D eigenvalue weighted by molar-refractivity contribution is -0.133. The molecular formula is C15H21N3O. The van der Waals surface area contributed by atoms with Gasteiger partial charge in [-0.25, -0.2) is 4.98 Å². The Bertz CT molecular complexity index is 452. The van der Waals surface area contributed by atoms with Crippen LogP contribution in [0.3, 0.4) is 0 Å². The molecule has 4 heteroatoms. The summed E-state index contributed by atoms with van der Waals surface area (Å²) in [7, 11) is 0. The molecule has 1 aromatic heterocycles. The summed E-state index contributed by atoms with van der Waals surface area (Å²) in [5, 5.41) is 0. The van der Waals surface area contributed by atoms with Gasteiger partial charge in [-0.15, -0.1) is 0 Å². The number of rotatable bonds is 3. The third-order valence-electron chi connectivity index (χ3n) is 4.24. The Morgan fingerprint density at radius 1 is 1.37 bits per heavy atom. The first-order valence-electron chi connectivity index (χ1n) is 7.25. The molecular weight excluding hydrogens is 238 g/mol. The number of allylic oxidation sites excluding steroid dienone is 2. The maximum atomic E-state index is 12.3. The molecule has 19 heavy (non-hydrogen) atoms. The van der Waals surface area contributed by atoms with Crippen LogP contribution in [0.25, 0.3) is 0 Å². The molecule has 2 heterocycles. The molecule has 1 aliphatic carbocycles. The van der Waals surface area contributed by atoms with Crippen LogP contribution in [0.5, 0.6) is 0 Å². The summed E-state index contributed by atoms with van der Waals surface area (Å²) < 4.78 is 2.13. The van der Waals surface area contributed by atoms with Gasteiger partial charge in [0.1, 0.15) is 0 Å². The zero-order valence-electron chi connectivity index (χ0n) is 11.2. The lowest BCUT2D eigenvalue weighted by Crippen LogP contribution is -2.41. The molecule has 2 atom stereocenters. The monoisotopic (exact) mass is 259 g/mol. The summed E-state index contributed by atoms with van der Waals surface area (Å²) in [5.41, 5.74) is 0. The standard InChI is InChI=1S/C15H21N3O/c19-15(10-13-4-1-2-5-13)17-8-3-6-14(11-17)18-9-7-16-12-18/h1,4,7,9,12-14H,2-3,5-6,8,10-11H2/t13-,14-/m1/s1. The van der Waals surface area contributed by atoms with Crippen LogP contribution in [0.2, 0.25) is 0 Å². The van der Waals surface area contributed by atoms with E-state index in [1.807, 2.05) is 23.6 Å². The molecule has 2 aliphatic rings. The van der Waals surface area contributed by atoms with Gasteiger partial charge >= 0.3 is 0 Å². The molecule has 1 aliphatic heterocycles. The molecule has 1 aromatic rings. The van der Waals surface area contributed by atoms with Crippen LogP contribution < -0.4 is 0 Å². The van der Waals surface area contributed by atoms with Gasteiger partial charge in [0.05, 0.1) is 12.4 Å². The number of hydrogen-bond acceptors (Lipinski definition) is 2. The molecule has 3 rings (SSSR count). The van der Waals surface area contributed by atoms with Gasteiger partial charge in [-0.3, -0.25) is 4.79 Å². The highest BCUT2D eigenvalue weighted by Gasteiger charge is 2.26. The smallest absolute Gasteiger partial charge is 0.223 e. The highest BCUT2D eigenvalue weighted by atomic mass is 16.2. The number of aromatic nitrogens is 2. The number of piperidine rings is 1. The Kier molecular flexibility index (Phi) is 3.67. The zero-order valence-corrected chi connectivity index (χ0v) is 11.2. The quantitative estimate of drug-likeness (QED) is 0.782. The predicted molar refractivity (Wildman–Crippen MR) is 73.6 cm³/mol. The minimum absolute atomic E-state index is 0.321. The van der Waals surface area contributed by atoms with Crippen LogP contribution in [0.1, 0.15) is 38.1 Å². The van der Waals surface area contributed by atoms with Gasteiger partial charge in [-0.05, 0) is 31.6 Å². The molecule has 0 N–H and O–H groups in total. The number of hydrogen-bond donors (Lipinski definition) is 0. The Morgan fingerprint density at radius 3 is 3.05 bits per heavy atom. The van der Waals surface area contributed by atoms with Crippen molar-refractivity contribution in [3.63, 3.8) is 0 Å². The average Bonchev–Trinajstić information content (AvgIpc) is 3.12. The topological polar surface area (TPSA) is 38.1 Å². The van der Waals surface area contributed by atoms with Crippen LogP contribution in [0.15, 0.2) is 30.9 Å². The van der Waals surface area contributed by atoms with Crippen molar-refractivity contribution < 1.29 is 4.79 Å². The Labute approximate surface area is 114 Å². The lowest BCUT2D eigenvalue weighted by atomic mass is 10.0. The van der Waals surface area contributed by atoms with Crippen LogP contribution in [-0.2, 0) is 4.79 Å². The highest BCUT2D eigenvalue weighted by molar-refractivity contribution is 5.76. The van der Waals surface area contributed by atoms with E-state index < -0.39 is 0 Å². The minimum atomic E-state index is 0.321. The SMILES string of the molecule is O=C(C[C@@H]1C=CCC1)N1CCC[C@@H](n2ccnc2)C1. The first-order chi connectivity index (χ1) is 9.33. The molecule has 1 saturated heterocycles. The number of carbonyl (C=O) groups excluding carboxylic acids is 1. The highest BCUT2D eigenvalue weighted by Crippen LogP contribution is 2.25. The first-order valence-corrected chi connectivity index (χ1v) is 7.25. The van der Waals surface area contributed by atoms with E-state index in [1.165, 1.54) is 0 Å². The summed E-state index contributed by atoms with van der Waals surface area (Å²) in [6, 6.07) is 0.402. The van der Waals surface area contributed by atoms with Crippen LogP contribution in [-0.4, -0.2) is 33.4 Å². The van der Waals surface area contributed by atoms with Crippen molar-refractivity contribution in [1.82, 2.24) is 14.5 Å². The van der Waals surface area contributed by atoms with Gasteiger partial charge in [-0.2, -0.15) is 0 Å². The number of imidazole rings is 1. The maximum absolute atomic E-state index is 12.3. The molecule has 0 saturated carbocycles. The fraction of sp³-hybridized carbons (Fsp3) is 0.600. The first kappa shape index (κ1) is 12.5. The summed E-state index contributed by atoms with van der Waals surface area (Å²) in [4.78, 5) is 18.5. The van der Waals surface area contributed by atoms with Gasteiger partial charge in [0.2, 0.25) is 5.91 Å². The fourth-order valence-corrected chi connectivity index (χ4v) is 3.13. The molecule has 0 bridgehead atoms. The van der Waals surface area contributed by atoms with Crippen molar-refractivity contribution in [2.24, 2.45) is 5.92 Å². The Morgan fingerprint density at radius 2 is 2.32 bits per heavy atom. The zero-order chi connectivity index (χ0) is 13.1. The van der Waals surface area contributed by atoms with Gasteiger partial charge in [0.15, 0.2) is 0 Å². The van der Waals surface area contributed by atoms with Crippen molar-refractivity contribution in [3.05, 3.63) is 30.9 Å². The van der Waals surface area contributed by atoms with Crippen LogP contribution in [0.4, 0.5) is 0 Å². The number of likely N-dealkylation sites (tertiary alicyclic amines) is 1. The second-order valence-electron chi connectivity index (χ2n) is 5.62. The molecule has 102 valence electrons. The van der Waals surface area contributed by atoms with Gasteiger partial charge < -0.3 is 9.47 Å². The summed E-state index contributed by atoms with van der Waals surface area (Å²) in [6.07, 6.45) is 15.3. The van der Waals surface area contributed by atoms with E-state index in [4.69, 9.17) is 0 Å². The van der Waals surface area contributed by atoms with E-state index >= 15 is 0 Å². The largest absolute Gasteiger partial charge is 0.341 e. The average molecular weight is 259 g/mol. The second kappa shape index (κ2) is 5.59. The van der Waals surface area contributed by atoms with Crippen LogP contribution in [0, 0.1) is 5.92 Å². The third kappa shape index (κ3) is 2.88. The van der Waals surface area contributed by atoms with Crippen LogP contribution >= 0.6 is 0 Å². The fourth-order valence-electron chi connectivity index (χ4n) is 3.13. The summed E-state index contributed by atoms with van der Waals surface area (Å²) in [6.45, 7) is 1.76. The summed E-state index contributed by atoms with van der Waals surface area (Å²) in [5.74, 6) is 0.794. The van der Waals surface area contributed by atoms with E-state index in [-0.39, 0.29) is 0 Å². The molecule has 0 radical (unpaired) electrons. The number of carbonyl (C=O) groups is 1. The van der Waals surface area contributed by atoms with Gasteiger partial charge in [0.25, 0.3) is 0 Å². The van der Waals surface area contributed by atoms with Crippen molar-refractivity contribution in [3.8, 4) is 0 Å². The molecule has 0 aromatic carbocycles. The van der Waals surface area contributed by atoms with Crippen molar-refractivity contribution in [2.45, 2.75) is 38.1 Å². The predicted octanol–water partition coefficient (Wildman–Crippen LogP) is 2.40. The van der Waals surface area contributed by atoms with Gasteiger partial charge in [0, 0.05) is 31.9 Å². The summed E-state index contributed by atoms with van der Waals surface area (Å²) >= 11 is 0. The number of amides is 1. The van der Waals surface area contributed by atoms with Crippen molar-refractivity contribution >= 4 is 5.91 Å².